The topological polar surface area (TPSA) is 80.7 Å². The van der Waals surface area contributed by atoms with E-state index in [0.717, 1.165) is 17.1 Å². The van der Waals surface area contributed by atoms with Gasteiger partial charge in [-0.15, -0.1) is 0 Å². The molecule has 29 heavy (non-hydrogen) atoms. The molecule has 0 aliphatic rings. The molecule has 0 saturated carbocycles. The van der Waals surface area contributed by atoms with E-state index in [1.807, 2.05) is 55.4 Å². The van der Waals surface area contributed by atoms with Gasteiger partial charge >= 0.3 is 0 Å². The molecule has 1 N–H and O–H groups in total. The number of aromatic nitrogens is 1. The van der Waals surface area contributed by atoms with E-state index < -0.39 is 0 Å². The highest BCUT2D eigenvalue weighted by atomic mass is 16.5. The number of furan rings is 1. The number of rotatable bonds is 9. The molecule has 0 aliphatic heterocycles. The molecular formula is C22H27N3O4. The van der Waals surface area contributed by atoms with E-state index in [1.54, 1.807) is 12.3 Å². The number of nitrogens with one attached hydrogen (secondary N) is 1. The predicted molar refractivity (Wildman–Crippen MR) is 110 cm³/mol. The standard InChI is InChI=1S/C22H27N3O4/c1-15(2)14-28-17-9-7-16(8-10-17)21-12-18(24-29-21)22(26)23-13-19(25(3)4)20-6-5-11-27-20/h5-12,15,19H,13-14H2,1-4H3,(H,23,26). The first kappa shape index (κ1) is 20.7. The van der Waals surface area contributed by atoms with Crippen molar-refractivity contribution in [1.29, 1.82) is 0 Å². The lowest BCUT2D eigenvalue weighted by Gasteiger charge is -2.22. The van der Waals surface area contributed by atoms with Gasteiger partial charge in [-0.2, -0.15) is 0 Å². The quantitative estimate of drug-likeness (QED) is 0.588. The Morgan fingerprint density at radius 1 is 1.21 bits per heavy atom. The van der Waals surface area contributed by atoms with Gasteiger partial charge in [-0.1, -0.05) is 19.0 Å². The highest BCUT2D eigenvalue weighted by Crippen LogP contribution is 2.24. The van der Waals surface area contributed by atoms with Gasteiger partial charge in [-0.3, -0.25) is 9.69 Å². The number of hydrogen-bond donors (Lipinski definition) is 1. The Morgan fingerprint density at radius 3 is 2.59 bits per heavy atom. The minimum absolute atomic E-state index is 0.0706. The number of carbonyl (C=O) groups is 1. The average Bonchev–Trinajstić information content (AvgIpc) is 3.39. The predicted octanol–water partition coefficient (Wildman–Crippen LogP) is 4.00. The van der Waals surface area contributed by atoms with Gasteiger partial charge in [0.2, 0.25) is 0 Å². The van der Waals surface area contributed by atoms with E-state index in [9.17, 15) is 4.79 Å². The van der Waals surface area contributed by atoms with Gasteiger partial charge in [-0.05, 0) is 56.4 Å². The Bertz CT molecular complexity index is 899. The fraction of sp³-hybridized carbons (Fsp3) is 0.364. The summed E-state index contributed by atoms with van der Waals surface area (Å²) in [5.41, 5.74) is 1.06. The van der Waals surface area contributed by atoms with Crippen molar-refractivity contribution in [2.45, 2.75) is 19.9 Å². The maximum absolute atomic E-state index is 12.5. The molecule has 7 heteroatoms. The molecule has 0 radical (unpaired) electrons. The third-order valence-electron chi connectivity index (χ3n) is 4.42. The van der Waals surface area contributed by atoms with E-state index in [0.29, 0.717) is 24.8 Å². The zero-order valence-corrected chi connectivity index (χ0v) is 17.2. The molecule has 1 amide bonds. The molecule has 0 spiro atoms. The van der Waals surface area contributed by atoms with Gasteiger partial charge in [0.25, 0.3) is 5.91 Å². The Labute approximate surface area is 170 Å². The lowest BCUT2D eigenvalue weighted by molar-refractivity contribution is 0.0930. The van der Waals surface area contributed by atoms with Crippen LogP contribution >= 0.6 is 0 Å². The van der Waals surface area contributed by atoms with Crippen molar-refractivity contribution < 1.29 is 18.5 Å². The average molecular weight is 397 g/mol. The van der Waals surface area contributed by atoms with Crippen LogP contribution in [-0.4, -0.2) is 43.2 Å². The molecule has 2 heterocycles. The molecule has 154 valence electrons. The Hall–Kier alpha value is -3.06. The van der Waals surface area contributed by atoms with Crippen molar-refractivity contribution >= 4 is 5.91 Å². The van der Waals surface area contributed by atoms with Crippen LogP contribution in [0.1, 0.15) is 36.1 Å². The summed E-state index contributed by atoms with van der Waals surface area (Å²) in [6, 6.07) is 12.8. The number of hydrogen-bond acceptors (Lipinski definition) is 6. The van der Waals surface area contributed by atoms with Gasteiger partial charge in [0.1, 0.15) is 11.5 Å². The van der Waals surface area contributed by atoms with Crippen LogP contribution in [0, 0.1) is 5.92 Å². The minimum atomic E-state index is -0.296. The van der Waals surface area contributed by atoms with E-state index in [2.05, 4.69) is 24.3 Å². The van der Waals surface area contributed by atoms with Crippen LogP contribution in [0.4, 0.5) is 0 Å². The molecule has 0 bridgehead atoms. The lowest BCUT2D eigenvalue weighted by Crippen LogP contribution is -2.34. The first-order chi connectivity index (χ1) is 13.9. The van der Waals surface area contributed by atoms with Crippen LogP contribution in [-0.2, 0) is 0 Å². The third kappa shape index (κ3) is 5.48. The number of nitrogens with zero attached hydrogens (tertiary/aromatic N) is 2. The molecule has 3 rings (SSSR count). The molecule has 1 aromatic carbocycles. The first-order valence-electron chi connectivity index (χ1n) is 9.62. The number of benzene rings is 1. The van der Waals surface area contributed by atoms with Gasteiger partial charge < -0.3 is 19.0 Å². The van der Waals surface area contributed by atoms with Gasteiger partial charge in [0, 0.05) is 18.2 Å². The molecule has 0 saturated heterocycles. The van der Waals surface area contributed by atoms with Crippen molar-refractivity contribution in [1.82, 2.24) is 15.4 Å². The highest BCUT2D eigenvalue weighted by Gasteiger charge is 2.20. The second-order valence-electron chi connectivity index (χ2n) is 7.51. The summed E-state index contributed by atoms with van der Waals surface area (Å²) in [7, 11) is 3.87. The summed E-state index contributed by atoms with van der Waals surface area (Å²) >= 11 is 0. The molecule has 7 nitrogen and oxygen atoms in total. The largest absolute Gasteiger partial charge is 0.493 e. The Morgan fingerprint density at radius 2 is 1.97 bits per heavy atom. The molecule has 0 aliphatic carbocycles. The summed E-state index contributed by atoms with van der Waals surface area (Å²) in [5.74, 6) is 2.28. The van der Waals surface area contributed by atoms with E-state index in [-0.39, 0.29) is 17.6 Å². The maximum Gasteiger partial charge on any atom is 0.273 e. The van der Waals surface area contributed by atoms with Crippen LogP contribution in [0.15, 0.2) is 57.7 Å². The Kier molecular flexibility index (Phi) is 6.72. The van der Waals surface area contributed by atoms with Crippen molar-refractivity contribution in [3.8, 4) is 17.1 Å². The molecule has 1 atom stereocenters. The fourth-order valence-electron chi connectivity index (χ4n) is 2.80. The minimum Gasteiger partial charge on any atom is -0.493 e. The van der Waals surface area contributed by atoms with Crippen LogP contribution in [0.25, 0.3) is 11.3 Å². The van der Waals surface area contributed by atoms with Crippen LogP contribution in [0.3, 0.4) is 0 Å². The van der Waals surface area contributed by atoms with Crippen molar-refractivity contribution in [3.05, 3.63) is 60.2 Å². The van der Waals surface area contributed by atoms with E-state index >= 15 is 0 Å². The number of likely N-dealkylation sites (N-methyl/N-ethyl adjacent to an activating group) is 1. The van der Waals surface area contributed by atoms with Crippen molar-refractivity contribution in [3.63, 3.8) is 0 Å². The zero-order valence-electron chi connectivity index (χ0n) is 17.2. The number of amides is 1. The van der Waals surface area contributed by atoms with Gasteiger partial charge in [-0.25, -0.2) is 0 Å². The Balaban J connectivity index is 1.61. The lowest BCUT2D eigenvalue weighted by atomic mass is 10.1. The summed E-state index contributed by atoms with van der Waals surface area (Å²) in [6.45, 7) is 5.26. The SMILES string of the molecule is CC(C)COc1ccc(-c2cc(C(=O)NCC(c3ccco3)N(C)C)no2)cc1. The summed E-state index contributed by atoms with van der Waals surface area (Å²) < 4.78 is 16.5. The molecule has 0 fully saturated rings. The van der Waals surface area contributed by atoms with Crippen LogP contribution in [0.2, 0.25) is 0 Å². The van der Waals surface area contributed by atoms with Gasteiger partial charge in [0.05, 0.1) is 18.9 Å². The first-order valence-corrected chi connectivity index (χ1v) is 9.62. The van der Waals surface area contributed by atoms with Gasteiger partial charge in [0.15, 0.2) is 11.5 Å². The van der Waals surface area contributed by atoms with Crippen LogP contribution < -0.4 is 10.1 Å². The molecule has 2 aromatic heterocycles. The van der Waals surface area contributed by atoms with Crippen molar-refractivity contribution in [2.24, 2.45) is 5.92 Å². The highest BCUT2D eigenvalue weighted by molar-refractivity contribution is 5.93. The number of carbonyl (C=O) groups excluding carboxylic acids is 1. The van der Waals surface area contributed by atoms with Crippen LogP contribution in [0.5, 0.6) is 5.75 Å². The zero-order chi connectivity index (χ0) is 20.8. The molecular weight excluding hydrogens is 370 g/mol. The smallest absolute Gasteiger partial charge is 0.273 e. The number of ether oxygens (including phenoxy) is 1. The monoisotopic (exact) mass is 397 g/mol. The maximum atomic E-state index is 12.5. The second kappa shape index (κ2) is 9.43. The molecule has 1 unspecified atom stereocenters. The second-order valence-corrected chi connectivity index (χ2v) is 7.51. The van der Waals surface area contributed by atoms with E-state index in [4.69, 9.17) is 13.7 Å². The summed E-state index contributed by atoms with van der Waals surface area (Å²) in [6.07, 6.45) is 1.62. The third-order valence-corrected chi connectivity index (χ3v) is 4.42. The summed E-state index contributed by atoms with van der Waals surface area (Å²) in [5, 5.41) is 6.79. The van der Waals surface area contributed by atoms with E-state index in [1.165, 1.54) is 0 Å². The fourth-order valence-corrected chi connectivity index (χ4v) is 2.80. The summed E-state index contributed by atoms with van der Waals surface area (Å²) in [4.78, 5) is 14.5. The van der Waals surface area contributed by atoms with Crippen molar-refractivity contribution in [2.75, 3.05) is 27.2 Å². The molecule has 3 aromatic rings. The normalized spacial score (nSPS) is 12.3.